The Hall–Kier alpha value is -3.90. The Morgan fingerprint density at radius 1 is 0.971 bits per heavy atom. The second-order valence-corrected chi connectivity index (χ2v) is 8.61. The molecule has 0 aliphatic carbocycles. The predicted octanol–water partition coefficient (Wildman–Crippen LogP) is 5.22. The summed E-state index contributed by atoms with van der Waals surface area (Å²) in [6.45, 7) is 4.08. The van der Waals surface area contributed by atoms with Crippen LogP contribution in [0.15, 0.2) is 66.2 Å². The lowest BCUT2D eigenvalue weighted by atomic mass is 9.95. The Morgan fingerprint density at radius 3 is 2.38 bits per heavy atom. The van der Waals surface area contributed by atoms with Crippen LogP contribution in [0, 0.1) is 13.8 Å². The second kappa shape index (κ2) is 9.53. The van der Waals surface area contributed by atoms with Gasteiger partial charge >= 0.3 is 6.03 Å². The second-order valence-electron chi connectivity index (χ2n) is 8.18. The van der Waals surface area contributed by atoms with Crippen molar-refractivity contribution in [3.63, 3.8) is 0 Å². The number of rotatable bonds is 5. The van der Waals surface area contributed by atoms with Crippen LogP contribution in [0.3, 0.4) is 0 Å². The van der Waals surface area contributed by atoms with Crippen molar-refractivity contribution in [2.24, 2.45) is 0 Å². The lowest BCUT2D eigenvalue weighted by Crippen LogP contribution is -2.54. The van der Waals surface area contributed by atoms with Gasteiger partial charge in [0.1, 0.15) is 11.3 Å². The van der Waals surface area contributed by atoms with Crippen LogP contribution < -0.4 is 15.0 Å². The van der Waals surface area contributed by atoms with Crippen LogP contribution in [0.4, 0.5) is 10.5 Å². The maximum Gasteiger partial charge on any atom is 0.335 e. The average molecular weight is 475 g/mol. The number of benzene rings is 3. The molecule has 0 atom stereocenters. The molecule has 0 spiro atoms. The Labute approximate surface area is 202 Å². The molecule has 172 valence electrons. The summed E-state index contributed by atoms with van der Waals surface area (Å²) >= 11 is 6.04. The van der Waals surface area contributed by atoms with E-state index in [0.717, 1.165) is 27.2 Å². The molecule has 4 amide bonds. The number of nitrogens with one attached hydrogen (secondary N) is 1. The van der Waals surface area contributed by atoms with Crippen LogP contribution in [-0.2, 0) is 16.0 Å². The van der Waals surface area contributed by atoms with Gasteiger partial charge in [-0.05, 0) is 73.4 Å². The third-order valence-electron chi connectivity index (χ3n) is 5.49. The normalized spacial score (nSPS) is 15.0. The smallest absolute Gasteiger partial charge is 0.335 e. The molecule has 1 fully saturated rings. The van der Waals surface area contributed by atoms with E-state index in [2.05, 4.69) is 23.5 Å². The first kappa shape index (κ1) is 23.3. The van der Waals surface area contributed by atoms with Gasteiger partial charge in [-0.25, -0.2) is 9.69 Å². The van der Waals surface area contributed by atoms with E-state index in [0.29, 0.717) is 22.8 Å². The molecule has 1 heterocycles. The molecule has 0 bridgehead atoms. The number of aryl methyl sites for hydroxylation is 2. The van der Waals surface area contributed by atoms with E-state index in [-0.39, 0.29) is 11.3 Å². The van der Waals surface area contributed by atoms with Crippen LogP contribution in [0.1, 0.15) is 27.8 Å². The minimum Gasteiger partial charge on any atom is -0.497 e. The molecular weight excluding hydrogens is 452 g/mol. The summed E-state index contributed by atoms with van der Waals surface area (Å²) in [5.74, 6) is -0.803. The van der Waals surface area contributed by atoms with Gasteiger partial charge in [0.05, 0.1) is 12.8 Å². The molecule has 1 aliphatic heterocycles. The molecule has 1 N–H and O–H groups in total. The van der Waals surface area contributed by atoms with Gasteiger partial charge < -0.3 is 4.74 Å². The number of urea groups is 1. The number of hydrogen-bond acceptors (Lipinski definition) is 4. The summed E-state index contributed by atoms with van der Waals surface area (Å²) in [4.78, 5) is 39.3. The first-order valence-corrected chi connectivity index (χ1v) is 11.0. The number of barbiturate groups is 1. The largest absolute Gasteiger partial charge is 0.497 e. The van der Waals surface area contributed by atoms with Crippen molar-refractivity contribution in [3.8, 4) is 5.75 Å². The first-order chi connectivity index (χ1) is 16.2. The molecule has 4 rings (SSSR count). The zero-order valence-corrected chi connectivity index (χ0v) is 19.8. The molecule has 34 heavy (non-hydrogen) atoms. The van der Waals surface area contributed by atoms with Gasteiger partial charge in [-0.1, -0.05) is 53.1 Å². The maximum atomic E-state index is 13.3. The number of carbonyl (C=O) groups is 3. The number of imide groups is 2. The molecule has 7 heteroatoms. The van der Waals surface area contributed by atoms with Crippen molar-refractivity contribution < 1.29 is 19.1 Å². The molecular formula is C27H23ClN2O4. The van der Waals surface area contributed by atoms with E-state index in [9.17, 15) is 14.4 Å². The molecule has 3 aromatic carbocycles. The van der Waals surface area contributed by atoms with Crippen LogP contribution in [0.2, 0.25) is 5.02 Å². The number of carbonyl (C=O) groups excluding carboxylic acids is 3. The molecule has 0 unspecified atom stereocenters. The number of anilines is 1. The number of methoxy groups -OCH3 is 1. The third kappa shape index (κ3) is 4.87. The van der Waals surface area contributed by atoms with Crippen molar-refractivity contribution >= 4 is 41.2 Å². The molecule has 0 aromatic heterocycles. The monoisotopic (exact) mass is 474 g/mol. The van der Waals surface area contributed by atoms with Gasteiger partial charge in [-0.3, -0.25) is 14.9 Å². The van der Waals surface area contributed by atoms with E-state index < -0.39 is 17.8 Å². The van der Waals surface area contributed by atoms with E-state index in [1.54, 1.807) is 37.4 Å². The maximum absolute atomic E-state index is 13.3. The summed E-state index contributed by atoms with van der Waals surface area (Å²) in [5, 5.41) is 2.61. The van der Waals surface area contributed by atoms with Gasteiger partial charge in [0.15, 0.2) is 0 Å². The molecule has 1 saturated heterocycles. The van der Waals surface area contributed by atoms with Crippen molar-refractivity contribution in [1.82, 2.24) is 5.32 Å². The highest BCUT2D eigenvalue weighted by Gasteiger charge is 2.37. The third-order valence-corrected chi connectivity index (χ3v) is 5.73. The minimum atomic E-state index is -0.820. The standard InChI is InChI=1S/C27H23ClN2O4/c1-16-9-17(2)11-18(10-16)12-20-13-23(34-3)8-7-19(20)14-24-25(31)29-27(33)30(26(24)32)22-6-4-5-21(28)15-22/h4-11,13-15H,12H2,1-3H3,(H,29,31,33)/b24-14+. The lowest BCUT2D eigenvalue weighted by Gasteiger charge is -2.26. The van der Waals surface area contributed by atoms with Crippen molar-refractivity contribution in [1.29, 1.82) is 0 Å². The van der Waals surface area contributed by atoms with E-state index >= 15 is 0 Å². The number of ether oxygens (including phenoxy) is 1. The van der Waals surface area contributed by atoms with Gasteiger partial charge in [-0.2, -0.15) is 0 Å². The summed E-state index contributed by atoms with van der Waals surface area (Å²) in [5.41, 5.74) is 5.08. The zero-order chi connectivity index (χ0) is 24.4. The zero-order valence-electron chi connectivity index (χ0n) is 19.0. The summed E-state index contributed by atoms with van der Waals surface area (Å²) in [7, 11) is 1.58. The Bertz CT molecular complexity index is 1330. The fraction of sp³-hybridized carbons (Fsp3) is 0.148. The van der Waals surface area contributed by atoms with Gasteiger partial charge in [0.25, 0.3) is 11.8 Å². The molecule has 6 nitrogen and oxygen atoms in total. The van der Waals surface area contributed by atoms with Crippen molar-refractivity contribution in [3.05, 3.63) is 99.1 Å². The highest BCUT2D eigenvalue weighted by Crippen LogP contribution is 2.27. The van der Waals surface area contributed by atoms with Crippen LogP contribution in [0.25, 0.3) is 6.08 Å². The fourth-order valence-electron chi connectivity index (χ4n) is 4.06. The van der Waals surface area contributed by atoms with Gasteiger partial charge in [-0.15, -0.1) is 0 Å². The predicted molar refractivity (Wildman–Crippen MR) is 132 cm³/mol. The quantitative estimate of drug-likeness (QED) is 0.406. The van der Waals surface area contributed by atoms with E-state index in [1.807, 2.05) is 19.9 Å². The molecule has 0 saturated carbocycles. The number of amides is 4. The minimum absolute atomic E-state index is 0.147. The number of nitrogens with zero attached hydrogens (tertiary/aromatic N) is 1. The molecule has 0 radical (unpaired) electrons. The highest BCUT2D eigenvalue weighted by molar-refractivity contribution is 6.39. The average Bonchev–Trinajstić information content (AvgIpc) is 2.76. The van der Waals surface area contributed by atoms with Crippen LogP contribution in [0.5, 0.6) is 5.75 Å². The van der Waals surface area contributed by atoms with Crippen molar-refractivity contribution in [2.45, 2.75) is 20.3 Å². The number of halogens is 1. The van der Waals surface area contributed by atoms with Crippen LogP contribution in [-0.4, -0.2) is 25.0 Å². The highest BCUT2D eigenvalue weighted by atomic mass is 35.5. The Kier molecular flexibility index (Phi) is 6.52. The Balaban J connectivity index is 1.76. The Morgan fingerprint density at radius 2 is 1.71 bits per heavy atom. The molecule has 1 aliphatic rings. The summed E-state index contributed by atoms with van der Waals surface area (Å²) in [6, 6.07) is 17.3. The topological polar surface area (TPSA) is 75.7 Å². The number of hydrogen-bond donors (Lipinski definition) is 1. The first-order valence-electron chi connectivity index (χ1n) is 10.7. The summed E-state index contributed by atoms with van der Waals surface area (Å²) in [6.07, 6.45) is 2.09. The van der Waals surface area contributed by atoms with Crippen molar-refractivity contribution in [2.75, 3.05) is 12.0 Å². The van der Waals surface area contributed by atoms with E-state index in [1.165, 1.54) is 12.1 Å². The SMILES string of the molecule is COc1ccc(/C=C2\C(=O)NC(=O)N(c3cccc(Cl)c3)C2=O)c(Cc2cc(C)cc(C)c2)c1. The van der Waals surface area contributed by atoms with Gasteiger partial charge in [0, 0.05) is 5.02 Å². The summed E-state index contributed by atoms with van der Waals surface area (Å²) < 4.78 is 5.40. The molecule has 3 aromatic rings. The van der Waals surface area contributed by atoms with Crippen LogP contribution >= 0.6 is 11.6 Å². The lowest BCUT2D eigenvalue weighted by molar-refractivity contribution is -0.122. The van der Waals surface area contributed by atoms with Gasteiger partial charge in [0.2, 0.25) is 0 Å². The van der Waals surface area contributed by atoms with E-state index in [4.69, 9.17) is 16.3 Å². The fourth-order valence-corrected chi connectivity index (χ4v) is 4.24.